The van der Waals surface area contributed by atoms with E-state index in [0.29, 0.717) is 5.56 Å². The summed E-state index contributed by atoms with van der Waals surface area (Å²) in [6.45, 7) is 3.43. The number of hydrogen-bond donors (Lipinski definition) is 1. The van der Waals surface area contributed by atoms with E-state index in [9.17, 15) is 13.2 Å². The quantitative estimate of drug-likeness (QED) is 0.679. The second kappa shape index (κ2) is 5.79. The summed E-state index contributed by atoms with van der Waals surface area (Å²) in [4.78, 5) is 11.7. The molecule has 0 aliphatic carbocycles. The molecule has 0 saturated carbocycles. The topological polar surface area (TPSA) is 86.5 Å². The first kappa shape index (κ1) is 15.8. The molecule has 7 heteroatoms. The zero-order valence-electron chi connectivity index (χ0n) is 10.9. The molecule has 0 bridgehead atoms. The van der Waals surface area contributed by atoms with Gasteiger partial charge in [-0.2, -0.15) is 0 Å². The predicted molar refractivity (Wildman–Crippen MR) is 75.0 cm³/mol. The van der Waals surface area contributed by atoms with E-state index >= 15 is 0 Å². The Labute approximate surface area is 117 Å². The van der Waals surface area contributed by atoms with Crippen molar-refractivity contribution in [1.82, 2.24) is 0 Å². The number of halogens is 1. The van der Waals surface area contributed by atoms with Crippen molar-refractivity contribution in [3.63, 3.8) is 0 Å². The Morgan fingerprint density at radius 2 is 2.00 bits per heavy atom. The van der Waals surface area contributed by atoms with E-state index in [1.807, 2.05) is 0 Å². The Morgan fingerprint density at radius 3 is 2.47 bits per heavy atom. The third-order valence-electron chi connectivity index (χ3n) is 2.20. The molecule has 1 rings (SSSR count). The van der Waals surface area contributed by atoms with Crippen LogP contribution in [0, 0.1) is 0 Å². The second-order valence-corrected chi connectivity index (χ2v) is 7.10. The van der Waals surface area contributed by atoms with Gasteiger partial charge in [-0.25, -0.2) is 13.2 Å². The van der Waals surface area contributed by atoms with Gasteiger partial charge in [-0.3, -0.25) is 0 Å². The fourth-order valence-corrected chi connectivity index (χ4v) is 2.60. The number of esters is 1. The lowest BCUT2D eigenvalue weighted by atomic mass is 10.1. The highest BCUT2D eigenvalue weighted by molar-refractivity contribution is 7.89. The van der Waals surface area contributed by atoms with Crippen LogP contribution >= 0.6 is 11.6 Å². The minimum atomic E-state index is -3.22. The second-order valence-electron chi connectivity index (χ2n) is 4.56. The standard InChI is InChI=1S/C12H16ClNO4S/c1-7(2)18-12(15)9-5-10(13)8(4-11(9)14)6-19(3,16)17/h4-5,7H,6,14H2,1-3H3. The van der Waals surface area contributed by atoms with Crippen LogP contribution in [0.1, 0.15) is 29.8 Å². The van der Waals surface area contributed by atoms with E-state index in [4.69, 9.17) is 22.1 Å². The molecule has 0 amide bonds. The van der Waals surface area contributed by atoms with Gasteiger partial charge in [0.1, 0.15) is 0 Å². The molecule has 0 unspecified atom stereocenters. The largest absolute Gasteiger partial charge is 0.459 e. The van der Waals surface area contributed by atoms with Crippen LogP contribution in [-0.2, 0) is 20.3 Å². The van der Waals surface area contributed by atoms with Crippen molar-refractivity contribution in [3.8, 4) is 0 Å². The lowest BCUT2D eigenvalue weighted by Crippen LogP contribution is -2.14. The molecular formula is C12H16ClNO4S. The summed E-state index contributed by atoms with van der Waals surface area (Å²) in [6, 6.07) is 2.72. The first-order chi connectivity index (χ1) is 8.60. The maximum Gasteiger partial charge on any atom is 0.340 e. The van der Waals surface area contributed by atoms with Crippen LogP contribution in [0.15, 0.2) is 12.1 Å². The van der Waals surface area contributed by atoms with Gasteiger partial charge in [-0.05, 0) is 31.5 Å². The van der Waals surface area contributed by atoms with Crippen LogP contribution in [0.5, 0.6) is 0 Å². The van der Waals surface area contributed by atoms with Crippen molar-refractivity contribution in [3.05, 3.63) is 28.3 Å². The molecule has 0 radical (unpaired) electrons. The number of hydrogen-bond acceptors (Lipinski definition) is 5. The Bertz CT molecular complexity index is 596. The van der Waals surface area contributed by atoms with Crippen molar-refractivity contribution in [1.29, 1.82) is 0 Å². The summed E-state index contributed by atoms with van der Waals surface area (Å²) in [5, 5.41) is 0.176. The number of carbonyl (C=O) groups is 1. The third kappa shape index (κ3) is 4.72. The Hall–Kier alpha value is -1.27. The maximum atomic E-state index is 11.7. The number of anilines is 1. The lowest BCUT2D eigenvalue weighted by molar-refractivity contribution is 0.0379. The number of rotatable bonds is 4. The fraction of sp³-hybridized carbons (Fsp3) is 0.417. The summed E-state index contributed by atoms with van der Waals surface area (Å²) in [7, 11) is -3.22. The van der Waals surface area contributed by atoms with Crippen molar-refractivity contribution in [2.75, 3.05) is 12.0 Å². The summed E-state index contributed by atoms with van der Waals surface area (Å²) in [5.74, 6) is -0.810. The summed E-state index contributed by atoms with van der Waals surface area (Å²) < 4.78 is 27.5. The smallest absolute Gasteiger partial charge is 0.340 e. The number of nitrogen functional groups attached to an aromatic ring is 1. The molecule has 5 nitrogen and oxygen atoms in total. The minimum absolute atomic E-state index is 0.135. The van der Waals surface area contributed by atoms with Crippen molar-refractivity contribution in [2.45, 2.75) is 25.7 Å². The summed E-state index contributed by atoms with van der Waals surface area (Å²) in [5.41, 5.74) is 6.38. The first-order valence-corrected chi connectivity index (χ1v) is 8.00. The van der Waals surface area contributed by atoms with E-state index in [2.05, 4.69) is 0 Å². The predicted octanol–water partition coefficient (Wildman–Crippen LogP) is 2.03. The number of ether oxygens (including phenoxy) is 1. The third-order valence-corrected chi connectivity index (χ3v) is 3.39. The SMILES string of the molecule is CC(C)OC(=O)c1cc(Cl)c(CS(C)(=O)=O)cc1N. The summed E-state index contributed by atoms with van der Waals surface area (Å²) in [6.07, 6.45) is 0.821. The maximum absolute atomic E-state index is 11.7. The van der Waals surface area contributed by atoms with E-state index in [0.717, 1.165) is 6.26 Å². The van der Waals surface area contributed by atoms with Gasteiger partial charge in [-0.1, -0.05) is 11.6 Å². The Balaban J connectivity index is 3.13. The number of sulfone groups is 1. The molecule has 106 valence electrons. The normalized spacial score (nSPS) is 11.6. The van der Waals surface area contributed by atoms with Crippen LogP contribution in [0.4, 0.5) is 5.69 Å². The highest BCUT2D eigenvalue weighted by Crippen LogP contribution is 2.25. The molecule has 1 aromatic carbocycles. The lowest BCUT2D eigenvalue weighted by Gasteiger charge is -2.12. The van der Waals surface area contributed by atoms with Crippen LogP contribution in [-0.4, -0.2) is 26.7 Å². The minimum Gasteiger partial charge on any atom is -0.459 e. The first-order valence-electron chi connectivity index (χ1n) is 5.56. The monoisotopic (exact) mass is 305 g/mol. The molecule has 0 fully saturated rings. The van der Waals surface area contributed by atoms with Gasteiger partial charge >= 0.3 is 5.97 Å². The van der Waals surface area contributed by atoms with Crippen molar-refractivity contribution >= 4 is 33.1 Å². The average molecular weight is 306 g/mol. The van der Waals surface area contributed by atoms with Gasteiger partial charge in [0.15, 0.2) is 9.84 Å². The molecule has 0 aromatic heterocycles. The molecule has 0 spiro atoms. The molecule has 19 heavy (non-hydrogen) atoms. The zero-order valence-corrected chi connectivity index (χ0v) is 12.5. The number of carbonyl (C=O) groups excluding carboxylic acids is 1. The molecule has 0 saturated heterocycles. The van der Waals surface area contributed by atoms with Gasteiger partial charge in [0.05, 0.1) is 17.4 Å². The van der Waals surface area contributed by atoms with Gasteiger partial charge < -0.3 is 10.5 Å². The van der Waals surface area contributed by atoms with Crippen LogP contribution in [0.25, 0.3) is 0 Å². The Morgan fingerprint density at radius 1 is 1.42 bits per heavy atom. The zero-order chi connectivity index (χ0) is 14.8. The molecule has 2 N–H and O–H groups in total. The average Bonchev–Trinajstić information content (AvgIpc) is 2.19. The van der Waals surface area contributed by atoms with Crippen LogP contribution in [0.3, 0.4) is 0 Å². The van der Waals surface area contributed by atoms with Gasteiger partial charge in [-0.15, -0.1) is 0 Å². The van der Waals surface area contributed by atoms with Crippen LogP contribution < -0.4 is 5.73 Å². The fourth-order valence-electron chi connectivity index (χ4n) is 1.48. The highest BCUT2D eigenvalue weighted by Gasteiger charge is 2.17. The van der Waals surface area contributed by atoms with Gasteiger partial charge in [0, 0.05) is 17.0 Å². The molecule has 0 heterocycles. The molecule has 0 aliphatic heterocycles. The van der Waals surface area contributed by atoms with E-state index in [1.54, 1.807) is 13.8 Å². The highest BCUT2D eigenvalue weighted by atomic mass is 35.5. The van der Waals surface area contributed by atoms with Crippen molar-refractivity contribution in [2.24, 2.45) is 0 Å². The van der Waals surface area contributed by atoms with E-state index < -0.39 is 15.8 Å². The van der Waals surface area contributed by atoms with Gasteiger partial charge in [0.2, 0.25) is 0 Å². The van der Waals surface area contributed by atoms with Crippen molar-refractivity contribution < 1.29 is 17.9 Å². The molecule has 0 aliphatic rings. The Kier molecular flexibility index (Phi) is 4.81. The van der Waals surface area contributed by atoms with E-state index in [1.165, 1.54) is 12.1 Å². The molecular weight excluding hydrogens is 290 g/mol. The van der Waals surface area contributed by atoms with E-state index in [-0.39, 0.29) is 28.1 Å². The van der Waals surface area contributed by atoms with Gasteiger partial charge in [0.25, 0.3) is 0 Å². The van der Waals surface area contributed by atoms with Crippen LogP contribution in [0.2, 0.25) is 5.02 Å². The molecule has 0 atom stereocenters. The number of nitrogens with two attached hydrogens (primary N) is 1. The summed E-state index contributed by atoms with van der Waals surface area (Å²) >= 11 is 5.96. The number of benzene rings is 1. The molecule has 1 aromatic rings.